The molecule has 1 fully saturated rings. The zero-order valence-corrected chi connectivity index (χ0v) is 8.36. The van der Waals surface area contributed by atoms with Crippen molar-refractivity contribution in [2.24, 2.45) is 0 Å². The van der Waals surface area contributed by atoms with Gasteiger partial charge in [0.2, 0.25) is 0 Å². The normalized spacial score (nSPS) is 20.8. The van der Waals surface area contributed by atoms with Gasteiger partial charge in [0.1, 0.15) is 6.04 Å². The molecule has 1 aliphatic rings. The van der Waals surface area contributed by atoms with E-state index in [1.807, 2.05) is 19.0 Å². The first-order chi connectivity index (χ1) is 6.11. The highest BCUT2D eigenvalue weighted by Crippen LogP contribution is 2.12. The van der Waals surface area contributed by atoms with E-state index in [0.29, 0.717) is 6.54 Å². The van der Waals surface area contributed by atoms with E-state index in [0.717, 1.165) is 25.9 Å². The molecule has 0 aromatic heterocycles. The van der Waals surface area contributed by atoms with Crippen LogP contribution in [-0.2, 0) is 4.79 Å². The summed E-state index contributed by atoms with van der Waals surface area (Å²) in [6.07, 6.45) is 2.27. The van der Waals surface area contributed by atoms with Gasteiger partial charge in [-0.1, -0.05) is 0 Å². The fourth-order valence-corrected chi connectivity index (χ4v) is 1.75. The molecule has 0 radical (unpaired) electrons. The average molecular weight is 186 g/mol. The minimum atomic E-state index is -0.699. The Morgan fingerprint density at radius 2 is 2.00 bits per heavy atom. The van der Waals surface area contributed by atoms with Crippen molar-refractivity contribution in [1.82, 2.24) is 9.80 Å². The Hall–Kier alpha value is -0.610. The van der Waals surface area contributed by atoms with Gasteiger partial charge in [0.25, 0.3) is 0 Å². The van der Waals surface area contributed by atoms with Gasteiger partial charge in [-0.3, -0.25) is 9.69 Å². The van der Waals surface area contributed by atoms with E-state index in [-0.39, 0.29) is 6.04 Å². The minimum absolute atomic E-state index is 0.322. The lowest BCUT2D eigenvalue weighted by atomic mass is 10.2. The van der Waals surface area contributed by atoms with Crippen molar-refractivity contribution in [3.05, 3.63) is 0 Å². The summed E-state index contributed by atoms with van der Waals surface area (Å²) in [6.45, 7) is 2.48. The molecule has 1 aliphatic heterocycles. The van der Waals surface area contributed by atoms with E-state index >= 15 is 0 Å². The third-order valence-electron chi connectivity index (χ3n) is 2.40. The molecule has 4 nitrogen and oxygen atoms in total. The lowest BCUT2D eigenvalue weighted by Crippen LogP contribution is -2.45. The molecule has 1 saturated heterocycles. The number of hydrogen-bond donors (Lipinski definition) is 1. The summed E-state index contributed by atoms with van der Waals surface area (Å²) < 4.78 is 0. The SMILES string of the molecule is CN(C)CC(C(=O)O)N1CCCC1. The summed E-state index contributed by atoms with van der Waals surface area (Å²) in [6, 6.07) is -0.322. The second kappa shape index (κ2) is 4.58. The van der Waals surface area contributed by atoms with Crippen LogP contribution in [0.2, 0.25) is 0 Å². The largest absolute Gasteiger partial charge is 0.480 e. The second-order valence-electron chi connectivity index (χ2n) is 3.86. The standard InChI is InChI=1S/C9H18N2O2/c1-10(2)7-8(9(12)13)11-5-3-4-6-11/h8H,3-7H2,1-2H3,(H,12,13). The summed E-state index contributed by atoms with van der Waals surface area (Å²) in [4.78, 5) is 14.9. The van der Waals surface area contributed by atoms with Crippen LogP contribution in [0.4, 0.5) is 0 Å². The summed E-state index contributed by atoms with van der Waals surface area (Å²) in [5.74, 6) is -0.699. The number of likely N-dealkylation sites (N-methyl/N-ethyl adjacent to an activating group) is 1. The maximum Gasteiger partial charge on any atom is 0.322 e. The van der Waals surface area contributed by atoms with Gasteiger partial charge >= 0.3 is 5.97 Å². The van der Waals surface area contributed by atoms with Gasteiger partial charge in [-0.25, -0.2) is 0 Å². The molecule has 0 bridgehead atoms. The van der Waals surface area contributed by atoms with Crippen molar-refractivity contribution in [3.63, 3.8) is 0 Å². The van der Waals surface area contributed by atoms with Crippen molar-refractivity contribution in [1.29, 1.82) is 0 Å². The molecule has 4 heteroatoms. The lowest BCUT2D eigenvalue weighted by molar-refractivity contribution is -0.143. The fourth-order valence-electron chi connectivity index (χ4n) is 1.75. The van der Waals surface area contributed by atoms with Crippen LogP contribution in [0.5, 0.6) is 0 Å². The first-order valence-corrected chi connectivity index (χ1v) is 4.73. The van der Waals surface area contributed by atoms with E-state index in [4.69, 9.17) is 5.11 Å². The predicted molar refractivity (Wildman–Crippen MR) is 50.8 cm³/mol. The highest BCUT2D eigenvalue weighted by atomic mass is 16.4. The molecule has 76 valence electrons. The van der Waals surface area contributed by atoms with E-state index in [1.54, 1.807) is 0 Å². The van der Waals surface area contributed by atoms with Gasteiger partial charge in [0, 0.05) is 6.54 Å². The maximum atomic E-state index is 11.0. The fraction of sp³-hybridized carbons (Fsp3) is 0.889. The molecule has 1 N–H and O–H groups in total. The van der Waals surface area contributed by atoms with Crippen LogP contribution in [0.1, 0.15) is 12.8 Å². The first-order valence-electron chi connectivity index (χ1n) is 4.73. The number of rotatable bonds is 4. The quantitative estimate of drug-likeness (QED) is 0.676. The molecule has 0 saturated carbocycles. The second-order valence-corrected chi connectivity index (χ2v) is 3.86. The van der Waals surface area contributed by atoms with Gasteiger partial charge in [-0.05, 0) is 40.0 Å². The van der Waals surface area contributed by atoms with Gasteiger partial charge < -0.3 is 10.0 Å². The lowest BCUT2D eigenvalue weighted by Gasteiger charge is -2.26. The summed E-state index contributed by atoms with van der Waals surface area (Å²) in [5, 5.41) is 9.01. The Bertz CT molecular complexity index is 176. The van der Waals surface area contributed by atoms with Crippen LogP contribution in [0.25, 0.3) is 0 Å². The highest BCUT2D eigenvalue weighted by molar-refractivity contribution is 5.73. The highest BCUT2D eigenvalue weighted by Gasteiger charge is 2.27. The van der Waals surface area contributed by atoms with Crippen LogP contribution < -0.4 is 0 Å². The van der Waals surface area contributed by atoms with Crippen LogP contribution in [0.3, 0.4) is 0 Å². The van der Waals surface area contributed by atoms with Gasteiger partial charge in [0.05, 0.1) is 0 Å². The Labute approximate surface area is 79.1 Å². The van der Waals surface area contributed by atoms with Crippen LogP contribution in [-0.4, -0.2) is 60.6 Å². The molecule has 1 rings (SSSR count). The number of carbonyl (C=O) groups is 1. The number of aliphatic carboxylic acids is 1. The van der Waals surface area contributed by atoms with Gasteiger partial charge in [0.15, 0.2) is 0 Å². The number of carboxylic acid groups (broad SMARTS) is 1. The van der Waals surface area contributed by atoms with Crippen molar-refractivity contribution in [2.75, 3.05) is 33.7 Å². The molecule has 0 spiro atoms. The Balaban J connectivity index is 2.50. The Kier molecular flexibility index (Phi) is 3.69. The Morgan fingerprint density at radius 3 is 2.38 bits per heavy atom. The molecule has 0 aromatic carbocycles. The molecule has 0 aromatic rings. The van der Waals surface area contributed by atoms with Crippen LogP contribution in [0.15, 0.2) is 0 Å². The molecule has 1 atom stereocenters. The number of carboxylic acids is 1. The Morgan fingerprint density at radius 1 is 1.46 bits per heavy atom. The molecule has 1 unspecified atom stereocenters. The molecular weight excluding hydrogens is 168 g/mol. The van der Waals surface area contributed by atoms with Crippen molar-refractivity contribution in [2.45, 2.75) is 18.9 Å². The van der Waals surface area contributed by atoms with E-state index < -0.39 is 5.97 Å². The number of hydrogen-bond acceptors (Lipinski definition) is 3. The minimum Gasteiger partial charge on any atom is -0.480 e. The predicted octanol–water partition coefficient (Wildman–Crippen LogP) is 0.0970. The summed E-state index contributed by atoms with van der Waals surface area (Å²) in [5.41, 5.74) is 0. The van der Waals surface area contributed by atoms with Crippen LogP contribution in [0, 0.1) is 0 Å². The van der Waals surface area contributed by atoms with Crippen LogP contribution >= 0.6 is 0 Å². The first kappa shape index (κ1) is 10.5. The smallest absolute Gasteiger partial charge is 0.322 e. The van der Waals surface area contributed by atoms with Crippen molar-refractivity contribution in [3.8, 4) is 0 Å². The van der Waals surface area contributed by atoms with Gasteiger partial charge in [-0.15, -0.1) is 0 Å². The summed E-state index contributed by atoms with van der Waals surface area (Å²) in [7, 11) is 3.82. The molecule has 0 amide bonds. The van der Waals surface area contributed by atoms with E-state index in [9.17, 15) is 4.79 Å². The zero-order chi connectivity index (χ0) is 9.84. The van der Waals surface area contributed by atoms with Crippen molar-refractivity contribution >= 4 is 5.97 Å². The topological polar surface area (TPSA) is 43.8 Å². The maximum absolute atomic E-state index is 11.0. The zero-order valence-electron chi connectivity index (χ0n) is 8.36. The third-order valence-corrected chi connectivity index (χ3v) is 2.40. The third kappa shape index (κ3) is 2.97. The molecule has 1 heterocycles. The monoisotopic (exact) mass is 186 g/mol. The molecule has 0 aliphatic carbocycles. The van der Waals surface area contributed by atoms with Gasteiger partial charge in [-0.2, -0.15) is 0 Å². The van der Waals surface area contributed by atoms with E-state index in [2.05, 4.69) is 4.90 Å². The number of nitrogens with zero attached hydrogens (tertiary/aromatic N) is 2. The molecule has 13 heavy (non-hydrogen) atoms. The summed E-state index contributed by atoms with van der Waals surface area (Å²) >= 11 is 0. The van der Waals surface area contributed by atoms with E-state index in [1.165, 1.54) is 0 Å². The number of likely N-dealkylation sites (tertiary alicyclic amines) is 1. The average Bonchev–Trinajstić information content (AvgIpc) is 2.50. The molecular formula is C9H18N2O2. The van der Waals surface area contributed by atoms with Crippen molar-refractivity contribution < 1.29 is 9.90 Å².